The predicted octanol–water partition coefficient (Wildman–Crippen LogP) is 3.99. The van der Waals surface area contributed by atoms with Crippen molar-refractivity contribution in [3.05, 3.63) is 77.7 Å². The predicted molar refractivity (Wildman–Crippen MR) is 103 cm³/mol. The molecular weight excluding hydrogens is 324 g/mol. The van der Waals surface area contributed by atoms with Crippen molar-refractivity contribution in [2.75, 3.05) is 16.8 Å². The molecule has 0 bridgehead atoms. The maximum Gasteiger partial charge on any atom is 0.274 e. The van der Waals surface area contributed by atoms with Crippen molar-refractivity contribution in [2.24, 2.45) is 0 Å². The Morgan fingerprint density at radius 3 is 2.73 bits per heavy atom. The summed E-state index contributed by atoms with van der Waals surface area (Å²) in [6.07, 6.45) is 3.40. The smallest absolute Gasteiger partial charge is 0.274 e. The Balaban J connectivity index is 1.55. The quantitative estimate of drug-likeness (QED) is 0.777. The monoisotopic (exact) mass is 344 g/mol. The maximum absolute atomic E-state index is 12.6. The number of hydrogen-bond acceptors (Lipinski definition) is 4. The fourth-order valence-electron chi connectivity index (χ4n) is 3.21. The first-order valence-electron chi connectivity index (χ1n) is 8.82. The van der Waals surface area contributed by atoms with Gasteiger partial charge in [-0.25, -0.2) is 9.97 Å². The number of anilines is 3. The molecule has 0 saturated heterocycles. The first kappa shape index (κ1) is 16.3. The van der Waals surface area contributed by atoms with Gasteiger partial charge in [0.25, 0.3) is 5.91 Å². The Labute approximate surface area is 152 Å². The standard InChI is InChI=1S/C21H20N4O/c1-2-15-7-9-17(10-8-15)24-21(26)18-13-20(23-14-22-18)25-12-11-16-5-3-4-6-19(16)25/h3-10,13-14H,2,11-12H2,1H3,(H,24,26). The molecule has 1 N–H and O–H groups in total. The maximum atomic E-state index is 12.6. The molecule has 5 heteroatoms. The number of benzene rings is 2. The first-order chi connectivity index (χ1) is 12.7. The van der Waals surface area contributed by atoms with Crippen LogP contribution in [0.1, 0.15) is 28.5 Å². The molecule has 1 aromatic heterocycles. The van der Waals surface area contributed by atoms with E-state index in [9.17, 15) is 4.79 Å². The molecule has 0 saturated carbocycles. The number of amides is 1. The van der Waals surface area contributed by atoms with E-state index < -0.39 is 0 Å². The van der Waals surface area contributed by atoms with Gasteiger partial charge in [-0.05, 0) is 42.2 Å². The van der Waals surface area contributed by atoms with Crippen LogP contribution in [0.2, 0.25) is 0 Å². The molecule has 0 atom stereocenters. The third-order valence-electron chi connectivity index (χ3n) is 4.67. The van der Waals surface area contributed by atoms with Crippen LogP contribution in [0.3, 0.4) is 0 Å². The Hall–Kier alpha value is -3.21. The minimum absolute atomic E-state index is 0.231. The minimum Gasteiger partial charge on any atom is -0.326 e. The molecular formula is C21H20N4O. The lowest BCUT2D eigenvalue weighted by Crippen LogP contribution is -2.18. The Bertz CT molecular complexity index is 937. The number of para-hydroxylation sites is 1. The molecule has 130 valence electrons. The number of nitrogens with one attached hydrogen (secondary N) is 1. The highest BCUT2D eigenvalue weighted by atomic mass is 16.1. The number of hydrogen-bond donors (Lipinski definition) is 1. The van der Waals surface area contributed by atoms with Crippen molar-refractivity contribution in [1.82, 2.24) is 9.97 Å². The van der Waals surface area contributed by atoms with Gasteiger partial charge in [-0.3, -0.25) is 4.79 Å². The Morgan fingerprint density at radius 1 is 1.12 bits per heavy atom. The second kappa shape index (κ2) is 6.96. The van der Waals surface area contributed by atoms with Crippen LogP contribution in [-0.2, 0) is 12.8 Å². The molecule has 5 nitrogen and oxygen atoms in total. The third kappa shape index (κ3) is 3.16. The Kier molecular flexibility index (Phi) is 4.35. The summed E-state index contributed by atoms with van der Waals surface area (Å²) in [4.78, 5) is 23.2. The largest absolute Gasteiger partial charge is 0.326 e. The lowest BCUT2D eigenvalue weighted by atomic mass is 10.1. The van der Waals surface area contributed by atoms with Crippen LogP contribution in [0, 0.1) is 0 Å². The summed E-state index contributed by atoms with van der Waals surface area (Å²) >= 11 is 0. The molecule has 4 rings (SSSR count). The summed E-state index contributed by atoms with van der Waals surface area (Å²) in [5.74, 6) is 0.516. The van der Waals surface area contributed by atoms with Crippen LogP contribution in [-0.4, -0.2) is 22.4 Å². The van der Waals surface area contributed by atoms with E-state index in [2.05, 4.69) is 39.2 Å². The van der Waals surface area contributed by atoms with Gasteiger partial charge in [-0.2, -0.15) is 0 Å². The van der Waals surface area contributed by atoms with Crippen LogP contribution in [0.4, 0.5) is 17.2 Å². The molecule has 0 unspecified atom stereocenters. The number of carbonyl (C=O) groups is 1. The third-order valence-corrected chi connectivity index (χ3v) is 4.67. The average molecular weight is 344 g/mol. The van der Waals surface area contributed by atoms with Gasteiger partial charge in [0.1, 0.15) is 17.8 Å². The number of carbonyl (C=O) groups excluding carboxylic acids is 1. The van der Waals surface area contributed by atoms with Crippen molar-refractivity contribution in [3.63, 3.8) is 0 Å². The average Bonchev–Trinajstić information content (AvgIpc) is 3.13. The van der Waals surface area contributed by atoms with E-state index in [1.807, 2.05) is 36.4 Å². The van der Waals surface area contributed by atoms with E-state index >= 15 is 0 Å². The lowest BCUT2D eigenvalue weighted by molar-refractivity contribution is 0.102. The van der Waals surface area contributed by atoms with Crippen molar-refractivity contribution in [2.45, 2.75) is 19.8 Å². The number of nitrogens with zero attached hydrogens (tertiary/aromatic N) is 3. The molecule has 0 radical (unpaired) electrons. The molecule has 1 aliphatic rings. The molecule has 0 spiro atoms. The summed E-state index contributed by atoms with van der Waals surface area (Å²) in [5.41, 5.74) is 4.80. The summed E-state index contributed by atoms with van der Waals surface area (Å²) in [5, 5.41) is 2.90. The number of aryl methyl sites for hydroxylation is 1. The van der Waals surface area contributed by atoms with E-state index in [1.54, 1.807) is 6.07 Å². The second-order valence-corrected chi connectivity index (χ2v) is 6.30. The van der Waals surface area contributed by atoms with Crippen LogP contribution >= 0.6 is 0 Å². The van der Waals surface area contributed by atoms with Crippen molar-refractivity contribution in [1.29, 1.82) is 0 Å². The normalized spacial score (nSPS) is 12.7. The van der Waals surface area contributed by atoms with Crippen molar-refractivity contribution >= 4 is 23.1 Å². The van der Waals surface area contributed by atoms with Gasteiger partial charge < -0.3 is 10.2 Å². The molecule has 26 heavy (non-hydrogen) atoms. The summed E-state index contributed by atoms with van der Waals surface area (Å²) in [6, 6.07) is 17.9. The van der Waals surface area contributed by atoms with Crippen LogP contribution < -0.4 is 10.2 Å². The summed E-state index contributed by atoms with van der Waals surface area (Å²) in [6.45, 7) is 2.96. The van der Waals surface area contributed by atoms with E-state index in [0.717, 1.165) is 36.6 Å². The van der Waals surface area contributed by atoms with Crippen LogP contribution in [0.15, 0.2) is 60.9 Å². The highest BCUT2D eigenvalue weighted by Crippen LogP contribution is 2.33. The fraction of sp³-hybridized carbons (Fsp3) is 0.190. The molecule has 0 fully saturated rings. The number of rotatable bonds is 4. The molecule has 0 aliphatic carbocycles. The zero-order valence-corrected chi connectivity index (χ0v) is 14.6. The van der Waals surface area contributed by atoms with E-state index in [4.69, 9.17) is 0 Å². The van der Waals surface area contributed by atoms with E-state index in [0.29, 0.717) is 5.69 Å². The van der Waals surface area contributed by atoms with Gasteiger partial charge >= 0.3 is 0 Å². The Morgan fingerprint density at radius 2 is 1.92 bits per heavy atom. The topological polar surface area (TPSA) is 58.1 Å². The van der Waals surface area contributed by atoms with Gasteiger partial charge in [0, 0.05) is 24.0 Å². The van der Waals surface area contributed by atoms with E-state index in [-0.39, 0.29) is 5.91 Å². The molecule has 2 aromatic carbocycles. The highest BCUT2D eigenvalue weighted by Gasteiger charge is 2.22. The summed E-state index contributed by atoms with van der Waals surface area (Å²) < 4.78 is 0. The highest BCUT2D eigenvalue weighted by molar-refractivity contribution is 6.03. The van der Waals surface area contributed by atoms with Gasteiger partial charge in [0.2, 0.25) is 0 Å². The van der Waals surface area contributed by atoms with E-state index in [1.165, 1.54) is 17.5 Å². The molecule has 3 aromatic rings. The molecule has 2 heterocycles. The molecule has 1 amide bonds. The zero-order chi connectivity index (χ0) is 17.9. The first-order valence-corrected chi connectivity index (χ1v) is 8.82. The minimum atomic E-state index is -0.231. The molecule has 1 aliphatic heterocycles. The second-order valence-electron chi connectivity index (χ2n) is 6.30. The van der Waals surface area contributed by atoms with Gasteiger partial charge in [0.15, 0.2) is 0 Å². The van der Waals surface area contributed by atoms with Crippen molar-refractivity contribution in [3.8, 4) is 0 Å². The van der Waals surface area contributed by atoms with Gasteiger partial charge in [0.05, 0.1) is 0 Å². The van der Waals surface area contributed by atoms with Gasteiger partial charge in [-0.15, -0.1) is 0 Å². The number of fused-ring (bicyclic) bond motifs is 1. The SMILES string of the molecule is CCc1ccc(NC(=O)c2cc(N3CCc4ccccc43)ncn2)cc1. The number of aromatic nitrogens is 2. The van der Waals surface area contributed by atoms with Crippen LogP contribution in [0.25, 0.3) is 0 Å². The zero-order valence-electron chi connectivity index (χ0n) is 14.6. The fourth-order valence-corrected chi connectivity index (χ4v) is 3.21. The summed E-state index contributed by atoms with van der Waals surface area (Å²) in [7, 11) is 0. The van der Waals surface area contributed by atoms with Crippen molar-refractivity contribution < 1.29 is 4.79 Å². The lowest BCUT2D eigenvalue weighted by Gasteiger charge is -2.18. The van der Waals surface area contributed by atoms with Gasteiger partial charge in [-0.1, -0.05) is 37.3 Å². The van der Waals surface area contributed by atoms with Crippen LogP contribution in [0.5, 0.6) is 0 Å².